The Morgan fingerprint density at radius 1 is 1.24 bits per heavy atom. The highest BCUT2D eigenvalue weighted by molar-refractivity contribution is 6.39. The van der Waals surface area contributed by atoms with E-state index in [0.717, 1.165) is 12.8 Å². The van der Waals surface area contributed by atoms with Crippen LogP contribution in [-0.2, 0) is 9.59 Å². The number of benzene rings is 1. The van der Waals surface area contributed by atoms with Crippen LogP contribution in [0.5, 0.6) is 0 Å². The van der Waals surface area contributed by atoms with Crippen molar-refractivity contribution >= 4 is 52.6 Å². The first kappa shape index (κ1) is 15.8. The monoisotopic (exact) mass is 327 g/mol. The highest BCUT2D eigenvalue weighted by Crippen LogP contribution is 2.36. The molecule has 0 saturated carbocycles. The second-order valence-electron chi connectivity index (χ2n) is 4.68. The molecular weight excluding hydrogens is 313 g/mol. The standard InChI is InChI=1S/C14H15Cl2N3O2/c1-2-3-4-17-7-9-13(20)18-11-6-8(15)5-10(16)12(11)19-14(9)21/h5-7,9H,2-4H2,1H3,(H,18,20)(H,19,21). The number of hydrogen-bond donors (Lipinski definition) is 2. The fraction of sp³-hybridized carbons (Fsp3) is 0.357. The van der Waals surface area contributed by atoms with Gasteiger partial charge in [0.15, 0.2) is 5.92 Å². The van der Waals surface area contributed by atoms with E-state index in [1.54, 1.807) is 0 Å². The molecule has 0 saturated heterocycles. The highest BCUT2D eigenvalue weighted by atomic mass is 35.5. The van der Waals surface area contributed by atoms with Crippen LogP contribution < -0.4 is 10.6 Å². The zero-order valence-electron chi connectivity index (χ0n) is 11.5. The number of aliphatic imine (C=N–C) groups is 1. The van der Waals surface area contributed by atoms with Crippen LogP contribution in [0.4, 0.5) is 11.4 Å². The van der Waals surface area contributed by atoms with Crippen LogP contribution >= 0.6 is 23.2 Å². The minimum absolute atomic E-state index is 0.273. The second kappa shape index (κ2) is 6.91. The molecule has 1 aliphatic heterocycles. The summed E-state index contributed by atoms with van der Waals surface area (Å²) in [6, 6.07) is 3.04. The number of amides is 2. The van der Waals surface area contributed by atoms with Crippen LogP contribution in [0.3, 0.4) is 0 Å². The van der Waals surface area contributed by atoms with Crippen LogP contribution in [0.1, 0.15) is 19.8 Å². The normalized spacial score (nSPS) is 18.1. The van der Waals surface area contributed by atoms with Crippen molar-refractivity contribution in [3.63, 3.8) is 0 Å². The summed E-state index contributed by atoms with van der Waals surface area (Å²) in [6.07, 6.45) is 3.29. The molecule has 0 spiro atoms. The number of carbonyl (C=O) groups is 2. The Morgan fingerprint density at radius 2 is 1.95 bits per heavy atom. The van der Waals surface area contributed by atoms with E-state index < -0.39 is 17.7 Å². The molecule has 0 fully saturated rings. The van der Waals surface area contributed by atoms with Crippen molar-refractivity contribution in [2.45, 2.75) is 19.8 Å². The summed E-state index contributed by atoms with van der Waals surface area (Å²) in [7, 11) is 0. The van der Waals surface area contributed by atoms with E-state index in [2.05, 4.69) is 15.6 Å². The molecule has 21 heavy (non-hydrogen) atoms. The van der Waals surface area contributed by atoms with Crippen molar-refractivity contribution in [2.75, 3.05) is 17.2 Å². The van der Waals surface area contributed by atoms with Gasteiger partial charge in [-0.1, -0.05) is 36.5 Å². The van der Waals surface area contributed by atoms with Crippen LogP contribution in [0.2, 0.25) is 10.0 Å². The van der Waals surface area contributed by atoms with Crippen molar-refractivity contribution in [2.24, 2.45) is 10.9 Å². The quantitative estimate of drug-likeness (QED) is 0.505. The van der Waals surface area contributed by atoms with Gasteiger partial charge in [0.2, 0.25) is 11.8 Å². The first-order valence-corrected chi connectivity index (χ1v) is 7.39. The first-order chi connectivity index (χ1) is 10.0. The molecule has 112 valence electrons. The van der Waals surface area contributed by atoms with Gasteiger partial charge in [-0.05, 0) is 18.6 Å². The number of nitrogens with zero attached hydrogens (tertiary/aromatic N) is 1. The largest absolute Gasteiger partial charge is 0.323 e. The third-order valence-corrected chi connectivity index (χ3v) is 3.54. The lowest BCUT2D eigenvalue weighted by molar-refractivity contribution is -0.126. The number of unbranched alkanes of at least 4 members (excludes halogenated alkanes) is 1. The van der Waals surface area contributed by atoms with Crippen molar-refractivity contribution in [3.05, 3.63) is 22.2 Å². The average Bonchev–Trinajstić information content (AvgIpc) is 2.53. The Balaban J connectivity index is 2.24. The van der Waals surface area contributed by atoms with Gasteiger partial charge >= 0.3 is 0 Å². The van der Waals surface area contributed by atoms with Gasteiger partial charge in [0.05, 0.1) is 16.4 Å². The Labute approximate surface area is 132 Å². The molecular formula is C14H15Cl2N3O2. The predicted molar refractivity (Wildman–Crippen MR) is 85.5 cm³/mol. The zero-order valence-corrected chi connectivity index (χ0v) is 13.0. The van der Waals surface area contributed by atoms with Gasteiger partial charge in [-0.2, -0.15) is 0 Å². The summed E-state index contributed by atoms with van der Waals surface area (Å²) in [5.41, 5.74) is 0.735. The molecule has 0 aromatic heterocycles. The number of carbonyl (C=O) groups excluding carboxylic acids is 2. The summed E-state index contributed by atoms with van der Waals surface area (Å²) in [5.74, 6) is -1.90. The molecule has 1 unspecified atom stereocenters. The van der Waals surface area contributed by atoms with Crippen LogP contribution in [0.15, 0.2) is 17.1 Å². The molecule has 5 nitrogen and oxygen atoms in total. The molecule has 2 amide bonds. The maximum absolute atomic E-state index is 12.1. The summed E-state index contributed by atoms with van der Waals surface area (Å²) in [4.78, 5) is 28.4. The molecule has 7 heteroatoms. The van der Waals surface area contributed by atoms with E-state index in [4.69, 9.17) is 23.2 Å². The molecule has 1 aromatic carbocycles. The molecule has 1 aliphatic rings. The van der Waals surface area contributed by atoms with E-state index >= 15 is 0 Å². The van der Waals surface area contributed by atoms with Crippen molar-refractivity contribution < 1.29 is 9.59 Å². The maximum atomic E-state index is 12.1. The van der Waals surface area contributed by atoms with Crippen LogP contribution in [-0.4, -0.2) is 24.6 Å². The van der Waals surface area contributed by atoms with E-state index in [9.17, 15) is 9.59 Å². The number of anilines is 2. The summed E-state index contributed by atoms with van der Waals surface area (Å²) < 4.78 is 0. The first-order valence-electron chi connectivity index (χ1n) is 6.63. The lowest BCUT2D eigenvalue weighted by atomic mass is 10.1. The van der Waals surface area contributed by atoms with Gasteiger partial charge in [0.1, 0.15) is 0 Å². The SMILES string of the molecule is CCCCN=CC1C(=O)Nc2cc(Cl)cc(Cl)c2NC1=O. The maximum Gasteiger partial charge on any atom is 0.242 e. The number of halogens is 2. The number of fused-ring (bicyclic) bond motifs is 1. The van der Waals surface area contributed by atoms with Gasteiger partial charge in [0, 0.05) is 17.8 Å². The Morgan fingerprint density at radius 3 is 2.67 bits per heavy atom. The van der Waals surface area contributed by atoms with Gasteiger partial charge in [-0.25, -0.2) is 0 Å². The number of rotatable bonds is 4. The topological polar surface area (TPSA) is 70.6 Å². The molecule has 0 radical (unpaired) electrons. The van der Waals surface area contributed by atoms with E-state index in [-0.39, 0.29) is 5.02 Å². The average molecular weight is 328 g/mol. The van der Waals surface area contributed by atoms with Crippen LogP contribution in [0, 0.1) is 5.92 Å². The summed E-state index contributed by atoms with van der Waals surface area (Å²) in [6.45, 7) is 2.63. The molecule has 2 rings (SSSR count). The molecule has 1 heterocycles. The number of nitrogens with one attached hydrogen (secondary N) is 2. The lowest BCUT2D eigenvalue weighted by Crippen LogP contribution is -2.32. The van der Waals surface area contributed by atoms with Gasteiger partial charge in [0.25, 0.3) is 0 Å². The molecule has 0 aliphatic carbocycles. The minimum Gasteiger partial charge on any atom is -0.323 e. The third-order valence-electron chi connectivity index (χ3n) is 3.02. The predicted octanol–water partition coefficient (Wildman–Crippen LogP) is 3.37. The summed E-state index contributed by atoms with van der Waals surface area (Å²) in [5, 5.41) is 5.93. The Bertz CT molecular complexity index is 602. The lowest BCUT2D eigenvalue weighted by Gasteiger charge is -2.09. The van der Waals surface area contributed by atoms with Crippen molar-refractivity contribution in [1.82, 2.24) is 0 Å². The molecule has 1 aromatic rings. The number of hydrogen-bond acceptors (Lipinski definition) is 3. The molecule has 1 atom stereocenters. The second-order valence-corrected chi connectivity index (χ2v) is 5.52. The van der Waals surface area contributed by atoms with Gasteiger partial charge in [-0.3, -0.25) is 14.6 Å². The third kappa shape index (κ3) is 3.74. The summed E-state index contributed by atoms with van der Waals surface area (Å²) >= 11 is 11.9. The molecule has 0 bridgehead atoms. The smallest absolute Gasteiger partial charge is 0.242 e. The van der Waals surface area contributed by atoms with Gasteiger partial charge < -0.3 is 10.6 Å². The minimum atomic E-state index is -0.982. The zero-order chi connectivity index (χ0) is 15.4. The van der Waals surface area contributed by atoms with Crippen molar-refractivity contribution in [1.29, 1.82) is 0 Å². The van der Waals surface area contributed by atoms with E-state index in [1.807, 2.05) is 6.92 Å². The molecule has 2 N–H and O–H groups in total. The van der Waals surface area contributed by atoms with E-state index in [1.165, 1.54) is 18.3 Å². The fourth-order valence-corrected chi connectivity index (χ4v) is 2.44. The highest BCUT2D eigenvalue weighted by Gasteiger charge is 2.30. The van der Waals surface area contributed by atoms with Crippen molar-refractivity contribution in [3.8, 4) is 0 Å². The van der Waals surface area contributed by atoms with Crippen LogP contribution in [0.25, 0.3) is 0 Å². The fourth-order valence-electron chi connectivity index (χ4n) is 1.89. The Hall–Kier alpha value is -1.59. The Kier molecular flexibility index (Phi) is 5.20. The van der Waals surface area contributed by atoms with Gasteiger partial charge in [-0.15, -0.1) is 0 Å². The van der Waals surface area contributed by atoms with E-state index in [0.29, 0.717) is 22.9 Å².